The first kappa shape index (κ1) is 25.9. The summed E-state index contributed by atoms with van der Waals surface area (Å²) in [4.78, 5) is 32.3. The Labute approximate surface area is 226 Å². The van der Waals surface area contributed by atoms with Crippen molar-refractivity contribution in [1.82, 2.24) is 9.13 Å². The molecule has 1 atom stereocenters. The highest BCUT2D eigenvalue weighted by Gasteiger charge is 2.33. The van der Waals surface area contributed by atoms with E-state index < -0.39 is 12.0 Å². The van der Waals surface area contributed by atoms with Crippen molar-refractivity contribution in [3.63, 3.8) is 0 Å². The Hall–Kier alpha value is -3.71. The summed E-state index contributed by atoms with van der Waals surface area (Å²) < 4.78 is 9.66. The van der Waals surface area contributed by atoms with Crippen LogP contribution in [0.1, 0.15) is 67.6 Å². The van der Waals surface area contributed by atoms with Gasteiger partial charge in [0.15, 0.2) is 4.80 Å². The van der Waals surface area contributed by atoms with E-state index >= 15 is 0 Å². The quantitative estimate of drug-likeness (QED) is 0.338. The predicted molar refractivity (Wildman–Crippen MR) is 153 cm³/mol. The van der Waals surface area contributed by atoms with Gasteiger partial charge >= 0.3 is 5.97 Å². The van der Waals surface area contributed by atoms with E-state index in [-0.39, 0.29) is 5.56 Å². The molecule has 0 spiro atoms. The molecule has 0 bridgehead atoms. The zero-order chi connectivity index (χ0) is 27.3. The number of fused-ring (bicyclic) bond motifs is 2. The molecular weight excluding hydrogens is 494 g/mol. The van der Waals surface area contributed by atoms with Crippen LogP contribution in [0.2, 0.25) is 0 Å². The summed E-state index contributed by atoms with van der Waals surface area (Å²) in [5, 5.41) is 1.13. The highest BCUT2D eigenvalue weighted by atomic mass is 32.1. The van der Waals surface area contributed by atoms with Crippen molar-refractivity contribution in [3.05, 3.63) is 101 Å². The number of nitrogens with zero attached hydrogens (tertiary/aromatic N) is 3. The molecule has 5 rings (SSSR count). The number of carbonyl (C=O) groups is 1. The molecule has 3 heterocycles. The molecular formula is C31H33N3O3S. The molecule has 7 heteroatoms. The maximum absolute atomic E-state index is 14.0. The summed E-state index contributed by atoms with van der Waals surface area (Å²) in [6.45, 7) is 13.2. The third kappa shape index (κ3) is 4.15. The lowest BCUT2D eigenvalue weighted by Gasteiger charge is -2.24. The zero-order valence-electron chi connectivity index (χ0n) is 23.0. The number of hydrogen-bond donors (Lipinski definition) is 0. The summed E-state index contributed by atoms with van der Waals surface area (Å²) in [5.41, 5.74) is 7.32. The lowest BCUT2D eigenvalue weighted by atomic mass is 9.93. The molecule has 2 aromatic carbocycles. The van der Waals surface area contributed by atoms with Gasteiger partial charge in [0.1, 0.15) is 0 Å². The average Bonchev–Trinajstić information content (AvgIpc) is 3.34. The van der Waals surface area contributed by atoms with Crippen molar-refractivity contribution in [2.24, 2.45) is 4.99 Å². The van der Waals surface area contributed by atoms with E-state index in [0.29, 0.717) is 26.5 Å². The number of methoxy groups -OCH3 is 1. The van der Waals surface area contributed by atoms with Gasteiger partial charge in [0, 0.05) is 28.7 Å². The summed E-state index contributed by atoms with van der Waals surface area (Å²) in [7, 11) is 1.36. The van der Waals surface area contributed by atoms with E-state index in [2.05, 4.69) is 69.5 Å². The Balaban J connectivity index is 1.77. The van der Waals surface area contributed by atoms with Gasteiger partial charge in [-0.05, 0) is 62.9 Å². The van der Waals surface area contributed by atoms with Crippen LogP contribution in [0.25, 0.3) is 17.0 Å². The second kappa shape index (κ2) is 9.87. The molecule has 0 unspecified atom stereocenters. The molecule has 0 N–H and O–H groups in total. The second-order valence-electron chi connectivity index (χ2n) is 10.2. The molecule has 38 heavy (non-hydrogen) atoms. The number of allylic oxidation sites excluding steroid dienone is 1. The van der Waals surface area contributed by atoms with Gasteiger partial charge in [-0.1, -0.05) is 61.1 Å². The lowest BCUT2D eigenvalue weighted by molar-refractivity contribution is -0.136. The van der Waals surface area contributed by atoms with Crippen molar-refractivity contribution in [3.8, 4) is 0 Å². The first-order chi connectivity index (χ1) is 18.2. The number of aromatic nitrogens is 2. The van der Waals surface area contributed by atoms with Gasteiger partial charge in [0.25, 0.3) is 5.56 Å². The number of carbonyl (C=O) groups excluding carboxylic acids is 1. The molecule has 2 aromatic heterocycles. The summed E-state index contributed by atoms with van der Waals surface area (Å²) in [6.07, 6.45) is 1.99. The van der Waals surface area contributed by atoms with Crippen LogP contribution in [0.4, 0.5) is 0 Å². The van der Waals surface area contributed by atoms with Crippen LogP contribution >= 0.6 is 11.3 Å². The molecule has 6 nitrogen and oxygen atoms in total. The van der Waals surface area contributed by atoms with Crippen molar-refractivity contribution in [1.29, 1.82) is 0 Å². The standard InChI is InChI=1S/C31H33N3O3S/c1-8-33-20(6)23(24-15-18(4)9-14-25(24)33)16-26-29(35)34-28(22-12-10-21(11-13-22)17(2)3)27(30(36)37-7)19(5)32-31(34)38-26/h9-17,28H,8H2,1-7H3/b26-16-/t28-/m1/s1. The van der Waals surface area contributed by atoms with Crippen LogP contribution in [0.5, 0.6) is 0 Å². The number of benzene rings is 2. The molecule has 0 saturated carbocycles. The third-order valence-electron chi connectivity index (χ3n) is 7.47. The van der Waals surface area contributed by atoms with E-state index in [1.807, 2.05) is 18.2 Å². The predicted octanol–water partition coefficient (Wildman–Crippen LogP) is 5.12. The first-order valence-electron chi connectivity index (χ1n) is 13.0. The third-order valence-corrected chi connectivity index (χ3v) is 8.45. The van der Waals surface area contributed by atoms with Gasteiger partial charge in [0.05, 0.1) is 29.0 Å². The number of rotatable bonds is 5. The second-order valence-corrected chi connectivity index (χ2v) is 11.2. The normalized spacial score (nSPS) is 15.8. The highest BCUT2D eigenvalue weighted by Crippen LogP contribution is 2.32. The number of esters is 1. The molecule has 4 aromatic rings. The topological polar surface area (TPSA) is 65.6 Å². The smallest absolute Gasteiger partial charge is 0.338 e. The Morgan fingerprint density at radius 1 is 1.13 bits per heavy atom. The monoisotopic (exact) mass is 527 g/mol. The summed E-state index contributed by atoms with van der Waals surface area (Å²) in [6, 6.07) is 14.0. The minimum Gasteiger partial charge on any atom is -0.466 e. The fourth-order valence-corrected chi connectivity index (χ4v) is 6.44. The molecule has 0 radical (unpaired) electrons. The van der Waals surface area contributed by atoms with Crippen LogP contribution < -0.4 is 14.9 Å². The number of hydrogen-bond acceptors (Lipinski definition) is 5. The maximum atomic E-state index is 14.0. The van der Waals surface area contributed by atoms with Gasteiger partial charge < -0.3 is 9.30 Å². The SMILES string of the molecule is CCn1c(C)c(/C=c2\sc3n(c2=O)[C@H](c2ccc(C(C)C)cc2)C(C(=O)OC)=C(C)N=3)c2cc(C)ccc21. The fourth-order valence-electron chi connectivity index (χ4n) is 5.41. The van der Waals surface area contributed by atoms with Crippen molar-refractivity contribution in [2.45, 2.75) is 60.0 Å². The van der Waals surface area contributed by atoms with Crippen LogP contribution in [-0.2, 0) is 16.1 Å². The highest BCUT2D eigenvalue weighted by molar-refractivity contribution is 7.07. The van der Waals surface area contributed by atoms with Crippen LogP contribution in [0.15, 0.2) is 63.5 Å². The fraction of sp³-hybridized carbons (Fsp3) is 0.323. The van der Waals surface area contributed by atoms with Crippen LogP contribution in [-0.4, -0.2) is 22.2 Å². The summed E-state index contributed by atoms with van der Waals surface area (Å²) in [5.74, 6) is -0.101. The molecule has 0 fully saturated rings. The van der Waals surface area contributed by atoms with Crippen molar-refractivity contribution in [2.75, 3.05) is 7.11 Å². The average molecular weight is 528 g/mol. The zero-order valence-corrected chi connectivity index (χ0v) is 23.8. The van der Waals surface area contributed by atoms with Gasteiger partial charge in [-0.15, -0.1) is 0 Å². The first-order valence-corrected chi connectivity index (χ1v) is 13.8. The Kier molecular flexibility index (Phi) is 6.73. The molecule has 1 aliphatic rings. The van der Waals surface area contributed by atoms with Gasteiger partial charge in [0.2, 0.25) is 0 Å². The van der Waals surface area contributed by atoms with E-state index in [1.54, 1.807) is 11.5 Å². The maximum Gasteiger partial charge on any atom is 0.338 e. The minimum absolute atomic E-state index is 0.162. The van der Waals surface area contributed by atoms with E-state index in [0.717, 1.165) is 34.3 Å². The van der Waals surface area contributed by atoms with Gasteiger partial charge in [-0.25, -0.2) is 9.79 Å². The lowest BCUT2D eigenvalue weighted by Crippen LogP contribution is -2.39. The number of aryl methyl sites for hydroxylation is 2. The Morgan fingerprint density at radius 3 is 2.47 bits per heavy atom. The largest absolute Gasteiger partial charge is 0.466 e. The molecule has 0 saturated heterocycles. The minimum atomic E-state index is -0.609. The molecule has 196 valence electrons. The van der Waals surface area contributed by atoms with E-state index in [4.69, 9.17) is 9.73 Å². The van der Waals surface area contributed by atoms with Gasteiger partial charge in [-0.2, -0.15) is 0 Å². The Bertz CT molecular complexity index is 1780. The van der Waals surface area contributed by atoms with Crippen LogP contribution in [0.3, 0.4) is 0 Å². The number of thiazole rings is 1. The number of ether oxygens (including phenoxy) is 1. The van der Waals surface area contributed by atoms with Crippen molar-refractivity contribution >= 4 is 34.3 Å². The van der Waals surface area contributed by atoms with Crippen molar-refractivity contribution < 1.29 is 9.53 Å². The van der Waals surface area contributed by atoms with E-state index in [9.17, 15) is 9.59 Å². The summed E-state index contributed by atoms with van der Waals surface area (Å²) >= 11 is 1.36. The molecule has 1 aliphatic heterocycles. The van der Waals surface area contributed by atoms with Crippen LogP contribution in [0, 0.1) is 13.8 Å². The molecule has 0 aliphatic carbocycles. The molecule has 0 amide bonds. The van der Waals surface area contributed by atoms with Gasteiger partial charge in [-0.3, -0.25) is 9.36 Å². The Morgan fingerprint density at radius 2 is 1.84 bits per heavy atom. The van der Waals surface area contributed by atoms with E-state index in [1.165, 1.54) is 29.6 Å².